The molecule has 10 heteroatoms. The molecule has 4 aromatic rings. The Labute approximate surface area is 235 Å². The summed E-state index contributed by atoms with van der Waals surface area (Å²) in [6.45, 7) is 3.27. The first-order valence-corrected chi connectivity index (χ1v) is 14.0. The van der Waals surface area contributed by atoms with Crippen LogP contribution in [-0.4, -0.2) is 32.7 Å². The van der Waals surface area contributed by atoms with Crippen molar-refractivity contribution in [1.29, 1.82) is 0 Å². The van der Waals surface area contributed by atoms with E-state index in [1.54, 1.807) is 54.7 Å². The molecule has 2 unspecified atom stereocenters. The number of carboxylic acid groups (broad SMARTS) is 1. The lowest BCUT2D eigenvalue weighted by atomic mass is 10.1. The van der Waals surface area contributed by atoms with Gasteiger partial charge >= 0.3 is 5.97 Å². The van der Waals surface area contributed by atoms with Gasteiger partial charge < -0.3 is 21.2 Å². The smallest absolute Gasteiger partial charge is 0.304 e. The van der Waals surface area contributed by atoms with E-state index in [-0.39, 0.29) is 12.3 Å². The van der Waals surface area contributed by atoms with E-state index in [4.69, 9.17) is 0 Å². The summed E-state index contributed by atoms with van der Waals surface area (Å²) >= 11 is 0. The first-order chi connectivity index (χ1) is 19.4. The van der Waals surface area contributed by atoms with Crippen LogP contribution < -0.4 is 21.5 Å². The minimum Gasteiger partial charge on any atom is -0.481 e. The van der Waals surface area contributed by atoms with Crippen LogP contribution in [0.1, 0.15) is 40.1 Å². The summed E-state index contributed by atoms with van der Waals surface area (Å²) in [6.07, 6.45) is 2.78. The highest BCUT2D eigenvalue weighted by atomic mass is 32.2. The zero-order valence-electron chi connectivity index (χ0n) is 22.0. The van der Waals surface area contributed by atoms with Crippen molar-refractivity contribution >= 4 is 39.7 Å². The number of hydrazine groups is 1. The number of aliphatic carboxylic acids is 1. The number of amides is 1. The summed E-state index contributed by atoms with van der Waals surface area (Å²) in [5.74, 6) is -1.39. The average Bonchev–Trinajstić information content (AvgIpc) is 2.97. The van der Waals surface area contributed by atoms with Crippen molar-refractivity contribution < 1.29 is 18.9 Å². The topological polar surface area (TPSA) is 132 Å². The van der Waals surface area contributed by atoms with Gasteiger partial charge in [-0.25, -0.2) is 5.43 Å². The third-order valence-corrected chi connectivity index (χ3v) is 7.68. The van der Waals surface area contributed by atoms with Gasteiger partial charge in [0.2, 0.25) is 0 Å². The highest BCUT2D eigenvalue weighted by Gasteiger charge is 2.24. The van der Waals surface area contributed by atoms with Crippen LogP contribution in [0.3, 0.4) is 0 Å². The summed E-state index contributed by atoms with van der Waals surface area (Å²) in [6, 6.07) is 25.3. The zero-order valence-corrected chi connectivity index (χ0v) is 22.8. The molecular formula is C30H31N5O4S. The third kappa shape index (κ3) is 7.75. The fraction of sp³-hybridized carbons (Fsp3) is 0.167. The predicted molar refractivity (Wildman–Crippen MR) is 158 cm³/mol. The van der Waals surface area contributed by atoms with Crippen molar-refractivity contribution in [3.05, 3.63) is 114 Å². The SMILES string of the molecule is CCNc1cc(C(=O)Nc2cccc(S(=O)C(CC(=O)O)c3cccnc3)c2)ccc1NNCc1ccccc1. The van der Waals surface area contributed by atoms with E-state index < -0.39 is 22.0 Å². The molecule has 4 rings (SSSR count). The molecule has 0 bridgehead atoms. The monoisotopic (exact) mass is 557 g/mol. The van der Waals surface area contributed by atoms with Gasteiger partial charge in [0, 0.05) is 41.6 Å². The first-order valence-electron chi connectivity index (χ1n) is 12.8. The average molecular weight is 558 g/mol. The van der Waals surface area contributed by atoms with Gasteiger partial charge in [0.05, 0.1) is 33.8 Å². The maximum atomic E-state index is 13.4. The van der Waals surface area contributed by atoms with E-state index >= 15 is 0 Å². The van der Waals surface area contributed by atoms with E-state index in [9.17, 15) is 18.9 Å². The summed E-state index contributed by atoms with van der Waals surface area (Å²) in [5, 5.41) is 14.7. The predicted octanol–water partition coefficient (Wildman–Crippen LogP) is 5.21. The number of pyridine rings is 1. The number of carbonyl (C=O) groups is 2. The van der Waals surface area contributed by atoms with Crippen LogP contribution in [0.2, 0.25) is 0 Å². The fourth-order valence-electron chi connectivity index (χ4n) is 4.08. The normalized spacial score (nSPS) is 12.2. The van der Waals surface area contributed by atoms with Gasteiger partial charge in [0.25, 0.3) is 5.91 Å². The number of hydrogen-bond donors (Lipinski definition) is 5. The van der Waals surface area contributed by atoms with Crippen molar-refractivity contribution in [3.63, 3.8) is 0 Å². The number of hydrogen-bond acceptors (Lipinski definition) is 7. The highest BCUT2D eigenvalue weighted by Crippen LogP contribution is 2.30. The van der Waals surface area contributed by atoms with Gasteiger partial charge in [0.1, 0.15) is 0 Å². The summed E-state index contributed by atoms with van der Waals surface area (Å²) in [4.78, 5) is 29.1. The molecule has 206 valence electrons. The molecule has 0 saturated heterocycles. The summed E-state index contributed by atoms with van der Waals surface area (Å²) < 4.78 is 13.4. The van der Waals surface area contributed by atoms with Crippen LogP contribution in [0.25, 0.3) is 0 Å². The van der Waals surface area contributed by atoms with Gasteiger partial charge in [0.15, 0.2) is 0 Å². The Morgan fingerprint density at radius 3 is 2.50 bits per heavy atom. The van der Waals surface area contributed by atoms with Crippen LogP contribution in [0.15, 0.2) is 102 Å². The van der Waals surface area contributed by atoms with Crippen LogP contribution in [0.4, 0.5) is 17.1 Å². The number of carboxylic acids is 1. The number of benzene rings is 3. The molecule has 0 spiro atoms. The standard InChI is InChI=1S/C30H31N5O4S/c1-2-32-27-16-22(13-14-26(27)35-33-19-21-8-4-3-5-9-21)30(38)34-24-11-6-12-25(17-24)40(39)28(18-29(36)37)23-10-7-15-31-20-23/h3-17,20,28,32-33,35H,2,18-19H2,1H3,(H,34,38)(H,36,37). The maximum Gasteiger partial charge on any atom is 0.304 e. The molecule has 0 fully saturated rings. The minimum atomic E-state index is -1.69. The van der Waals surface area contributed by atoms with Crippen LogP contribution >= 0.6 is 0 Å². The number of nitrogens with zero attached hydrogens (tertiary/aromatic N) is 1. The Kier molecular flexibility index (Phi) is 9.98. The Bertz CT molecular complexity index is 1470. The number of nitrogens with one attached hydrogen (secondary N) is 4. The Balaban J connectivity index is 1.47. The van der Waals surface area contributed by atoms with Crippen molar-refractivity contribution in [2.75, 3.05) is 22.6 Å². The second-order valence-corrected chi connectivity index (χ2v) is 10.5. The molecule has 0 aliphatic heterocycles. The molecule has 3 aromatic carbocycles. The zero-order chi connectivity index (χ0) is 28.3. The van der Waals surface area contributed by atoms with Crippen molar-refractivity contribution in [1.82, 2.24) is 10.4 Å². The lowest BCUT2D eigenvalue weighted by Crippen LogP contribution is -2.22. The summed E-state index contributed by atoms with van der Waals surface area (Å²) in [5.41, 5.74) is 10.5. The molecule has 2 atom stereocenters. The number of anilines is 3. The minimum absolute atomic E-state index is 0.317. The van der Waals surface area contributed by atoms with E-state index in [1.165, 1.54) is 6.20 Å². The van der Waals surface area contributed by atoms with E-state index in [1.807, 2.05) is 43.3 Å². The van der Waals surface area contributed by atoms with E-state index in [0.29, 0.717) is 34.8 Å². The number of carbonyl (C=O) groups excluding carboxylic acids is 1. The van der Waals surface area contributed by atoms with Gasteiger partial charge in [-0.3, -0.25) is 18.8 Å². The lowest BCUT2D eigenvalue weighted by Gasteiger charge is -2.16. The molecule has 0 aliphatic rings. The van der Waals surface area contributed by atoms with E-state index in [2.05, 4.69) is 26.5 Å². The number of rotatable bonds is 13. The second-order valence-electron chi connectivity index (χ2n) is 8.91. The molecular weight excluding hydrogens is 526 g/mol. The van der Waals surface area contributed by atoms with Crippen LogP contribution in [-0.2, 0) is 22.1 Å². The third-order valence-electron chi connectivity index (χ3n) is 6.01. The molecule has 40 heavy (non-hydrogen) atoms. The molecule has 0 aliphatic carbocycles. The van der Waals surface area contributed by atoms with Crippen LogP contribution in [0.5, 0.6) is 0 Å². The van der Waals surface area contributed by atoms with Crippen LogP contribution in [0, 0.1) is 0 Å². The Hall–Kier alpha value is -4.54. The molecule has 0 saturated carbocycles. The Morgan fingerprint density at radius 2 is 1.77 bits per heavy atom. The molecule has 9 nitrogen and oxygen atoms in total. The number of aromatic nitrogens is 1. The van der Waals surface area contributed by atoms with Gasteiger partial charge in [-0.2, -0.15) is 0 Å². The fourth-order valence-corrected chi connectivity index (χ4v) is 5.54. The lowest BCUT2D eigenvalue weighted by molar-refractivity contribution is -0.137. The molecule has 1 amide bonds. The van der Waals surface area contributed by atoms with E-state index in [0.717, 1.165) is 16.9 Å². The summed E-state index contributed by atoms with van der Waals surface area (Å²) in [7, 11) is -1.69. The molecule has 1 heterocycles. The van der Waals surface area contributed by atoms with Gasteiger partial charge in [-0.15, -0.1) is 0 Å². The largest absolute Gasteiger partial charge is 0.481 e. The Morgan fingerprint density at radius 1 is 0.950 bits per heavy atom. The van der Waals surface area contributed by atoms with Crippen molar-refractivity contribution in [2.24, 2.45) is 0 Å². The second kappa shape index (κ2) is 14.0. The van der Waals surface area contributed by atoms with Gasteiger partial charge in [-0.1, -0.05) is 42.5 Å². The quantitative estimate of drug-likeness (QED) is 0.142. The maximum absolute atomic E-state index is 13.4. The first kappa shape index (κ1) is 28.5. The highest BCUT2D eigenvalue weighted by molar-refractivity contribution is 7.85. The van der Waals surface area contributed by atoms with Gasteiger partial charge in [-0.05, 0) is 60.5 Å². The van der Waals surface area contributed by atoms with Crippen molar-refractivity contribution in [2.45, 2.75) is 30.0 Å². The molecule has 5 N–H and O–H groups in total. The van der Waals surface area contributed by atoms with Crippen molar-refractivity contribution in [3.8, 4) is 0 Å². The molecule has 1 aromatic heterocycles. The molecule has 0 radical (unpaired) electrons.